The van der Waals surface area contributed by atoms with E-state index in [0.717, 1.165) is 50.7 Å². The minimum Gasteiger partial charge on any atom is -0.494 e. The highest BCUT2D eigenvalue weighted by Gasteiger charge is 2.27. The Labute approximate surface area is 135 Å². The second-order valence-electron chi connectivity index (χ2n) is 6.30. The van der Waals surface area contributed by atoms with E-state index in [-0.39, 0.29) is 5.41 Å². The normalized spacial score (nSPS) is 11.6. The topological polar surface area (TPSA) is 55.5 Å². The van der Waals surface area contributed by atoms with E-state index in [4.69, 9.17) is 10.5 Å². The van der Waals surface area contributed by atoms with Gasteiger partial charge >= 0.3 is 0 Å². The Kier molecular flexibility index (Phi) is 9.17. The monoisotopic (exact) mass is 307 g/mol. The van der Waals surface area contributed by atoms with Crippen LogP contribution in [0.25, 0.3) is 0 Å². The first-order valence-corrected chi connectivity index (χ1v) is 8.72. The highest BCUT2D eigenvalue weighted by Crippen LogP contribution is 2.34. The van der Waals surface area contributed by atoms with E-state index >= 15 is 0 Å². The zero-order chi connectivity index (χ0) is 16.3. The molecule has 0 atom stereocenters. The zero-order valence-electron chi connectivity index (χ0n) is 14.3. The standard InChI is InChI=1S/C19H33NO2/c1-3-10-19(16-21,11-4-2)12-9-17-7-5-8-18(15-17)22-14-6-13-20/h5,7-8,15,21H,3-4,6,9-14,16,20H2,1-2H3. The van der Waals surface area contributed by atoms with Crippen LogP contribution in [-0.4, -0.2) is 24.9 Å². The second kappa shape index (κ2) is 10.6. The molecule has 0 unspecified atom stereocenters. The van der Waals surface area contributed by atoms with Gasteiger partial charge in [0.15, 0.2) is 0 Å². The van der Waals surface area contributed by atoms with Gasteiger partial charge in [-0.3, -0.25) is 0 Å². The van der Waals surface area contributed by atoms with Crippen LogP contribution < -0.4 is 10.5 Å². The molecule has 0 aliphatic carbocycles. The maximum absolute atomic E-state index is 9.88. The third kappa shape index (κ3) is 6.37. The van der Waals surface area contributed by atoms with E-state index in [0.29, 0.717) is 19.8 Å². The Morgan fingerprint density at radius 3 is 2.45 bits per heavy atom. The van der Waals surface area contributed by atoms with E-state index in [9.17, 15) is 5.11 Å². The molecule has 0 aliphatic heterocycles. The van der Waals surface area contributed by atoms with Gasteiger partial charge in [-0.2, -0.15) is 0 Å². The fourth-order valence-electron chi connectivity index (χ4n) is 3.15. The molecule has 1 aromatic rings. The fraction of sp³-hybridized carbons (Fsp3) is 0.684. The first-order valence-electron chi connectivity index (χ1n) is 8.72. The molecule has 0 spiro atoms. The molecule has 0 aromatic heterocycles. The molecule has 0 saturated carbocycles. The molecular formula is C19H33NO2. The number of hydrogen-bond acceptors (Lipinski definition) is 3. The predicted molar refractivity (Wildman–Crippen MR) is 93.3 cm³/mol. The van der Waals surface area contributed by atoms with Crippen LogP contribution in [0.3, 0.4) is 0 Å². The van der Waals surface area contributed by atoms with E-state index in [1.54, 1.807) is 0 Å². The molecule has 22 heavy (non-hydrogen) atoms. The van der Waals surface area contributed by atoms with Crippen LogP contribution >= 0.6 is 0 Å². The summed E-state index contributed by atoms with van der Waals surface area (Å²) in [6.07, 6.45) is 7.37. The van der Waals surface area contributed by atoms with Gasteiger partial charge in [0.25, 0.3) is 0 Å². The summed E-state index contributed by atoms with van der Waals surface area (Å²) in [5.74, 6) is 0.923. The highest BCUT2D eigenvalue weighted by molar-refractivity contribution is 5.28. The SMILES string of the molecule is CCCC(CO)(CCC)CCc1cccc(OCCCN)c1. The maximum atomic E-state index is 9.88. The third-order valence-electron chi connectivity index (χ3n) is 4.36. The summed E-state index contributed by atoms with van der Waals surface area (Å²) >= 11 is 0. The molecule has 1 rings (SSSR count). The fourth-order valence-corrected chi connectivity index (χ4v) is 3.15. The minimum atomic E-state index is 0.0832. The van der Waals surface area contributed by atoms with E-state index in [2.05, 4.69) is 26.0 Å². The van der Waals surface area contributed by atoms with Crippen molar-refractivity contribution in [2.45, 2.75) is 58.8 Å². The Morgan fingerprint density at radius 2 is 1.86 bits per heavy atom. The highest BCUT2D eigenvalue weighted by atomic mass is 16.5. The van der Waals surface area contributed by atoms with Gasteiger partial charge in [0, 0.05) is 6.61 Å². The molecule has 1 aromatic carbocycles. The van der Waals surface area contributed by atoms with Gasteiger partial charge in [-0.25, -0.2) is 0 Å². The lowest BCUT2D eigenvalue weighted by Gasteiger charge is -2.31. The average molecular weight is 307 g/mol. The molecule has 0 radical (unpaired) electrons. The van der Waals surface area contributed by atoms with Crippen molar-refractivity contribution in [3.05, 3.63) is 29.8 Å². The summed E-state index contributed by atoms with van der Waals surface area (Å²) in [7, 11) is 0. The van der Waals surface area contributed by atoms with Gasteiger partial charge in [-0.15, -0.1) is 0 Å². The molecule has 0 heterocycles. The predicted octanol–water partition coefficient (Wildman–Crippen LogP) is 3.93. The Morgan fingerprint density at radius 1 is 1.14 bits per heavy atom. The van der Waals surface area contributed by atoms with Crippen molar-refractivity contribution in [2.24, 2.45) is 11.1 Å². The van der Waals surface area contributed by atoms with Crippen molar-refractivity contribution in [2.75, 3.05) is 19.8 Å². The molecule has 126 valence electrons. The van der Waals surface area contributed by atoms with E-state index in [1.165, 1.54) is 5.56 Å². The van der Waals surface area contributed by atoms with Crippen molar-refractivity contribution < 1.29 is 9.84 Å². The van der Waals surface area contributed by atoms with Crippen molar-refractivity contribution in [3.63, 3.8) is 0 Å². The van der Waals surface area contributed by atoms with Crippen molar-refractivity contribution in [3.8, 4) is 5.75 Å². The second-order valence-corrected chi connectivity index (χ2v) is 6.30. The van der Waals surface area contributed by atoms with Crippen LogP contribution in [0, 0.1) is 5.41 Å². The minimum absolute atomic E-state index is 0.0832. The molecule has 0 fully saturated rings. The van der Waals surface area contributed by atoms with Gasteiger partial charge in [0.05, 0.1) is 6.61 Å². The summed E-state index contributed by atoms with van der Waals surface area (Å²) in [6.45, 7) is 6.03. The number of rotatable bonds is 12. The first-order chi connectivity index (χ1) is 10.7. The Bertz CT molecular complexity index is 400. The van der Waals surface area contributed by atoms with Crippen molar-refractivity contribution in [1.82, 2.24) is 0 Å². The first kappa shape index (κ1) is 19.0. The van der Waals surface area contributed by atoms with Crippen LogP contribution in [0.1, 0.15) is 57.9 Å². The molecule has 3 nitrogen and oxygen atoms in total. The number of nitrogens with two attached hydrogens (primary N) is 1. The van der Waals surface area contributed by atoms with Gasteiger partial charge in [-0.05, 0) is 61.8 Å². The van der Waals surface area contributed by atoms with E-state index < -0.39 is 0 Å². The van der Waals surface area contributed by atoms with E-state index in [1.807, 2.05) is 12.1 Å². The summed E-state index contributed by atoms with van der Waals surface area (Å²) in [5.41, 5.74) is 6.86. The quantitative estimate of drug-likeness (QED) is 0.575. The Balaban J connectivity index is 2.62. The van der Waals surface area contributed by atoms with Crippen LogP contribution in [-0.2, 0) is 6.42 Å². The van der Waals surface area contributed by atoms with Gasteiger partial charge in [0.2, 0.25) is 0 Å². The Hall–Kier alpha value is -1.06. The summed E-state index contributed by atoms with van der Waals surface area (Å²) in [5, 5.41) is 9.88. The lowest BCUT2D eigenvalue weighted by Crippen LogP contribution is -2.26. The lowest BCUT2D eigenvalue weighted by molar-refractivity contribution is 0.0935. The van der Waals surface area contributed by atoms with Crippen molar-refractivity contribution >= 4 is 0 Å². The number of ether oxygens (including phenoxy) is 1. The largest absolute Gasteiger partial charge is 0.494 e. The lowest BCUT2D eigenvalue weighted by atomic mass is 9.75. The van der Waals surface area contributed by atoms with Crippen LogP contribution in [0.4, 0.5) is 0 Å². The maximum Gasteiger partial charge on any atom is 0.119 e. The molecule has 3 heteroatoms. The van der Waals surface area contributed by atoms with Crippen LogP contribution in [0.2, 0.25) is 0 Å². The molecular weight excluding hydrogens is 274 g/mol. The molecule has 0 saturated heterocycles. The summed E-state index contributed by atoms with van der Waals surface area (Å²) in [6, 6.07) is 8.32. The molecule has 0 amide bonds. The number of aliphatic hydroxyl groups is 1. The van der Waals surface area contributed by atoms with Gasteiger partial charge in [0.1, 0.15) is 5.75 Å². The number of benzene rings is 1. The number of aryl methyl sites for hydroxylation is 1. The molecule has 3 N–H and O–H groups in total. The number of hydrogen-bond donors (Lipinski definition) is 2. The smallest absolute Gasteiger partial charge is 0.119 e. The zero-order valence-corrected chi connectivity index (χ0v) is 14.3. The van der Waals surface area contributed by atoms with Crippen LogP contribution in [0.5, 0.6) is 5.75 Å². The number of aliphatic hydroxyl groups excluding tert-OH is 1. The molecule has 0 aliphatic rings. The molecule has 0 bridgehead atoms. The van der Waals surface area contributed by atoms with Crippen molar-refractivity contribution in [1.29, 1.82) is 0 Å². The summed E-state index contributed by atoms with van der Waals surface area (Å²) in [4.78, 5) is 0. The summed E-state index contributed by atoms with van der Waals surface area (Å²) < 4.78 is 5.71. The van der Waals surface area contributed by atoms with Gasteiger partial charge in [-0.1, -0.05) is 38.8 Å². The van der Waals surface area contributed by atoms with Gasteiger partial charge < -0.3 is 15.6 Å². The third-order valence-corrected chi connectivity index (χ3v) is 4.36. The van der Waals surface area contributed by atoms with Crippen LogP contribution in [0.15, 0.2) is 24.3 Å². The average Bonchev–Trinajstić information content (AvgIpc) is 2.54.